The highest BCUT2D eigenvalue weighted by molar-refractivity contribution is 5.96. The fourth-order valence-electron chi connectivity index (χ4n) is 1.98. The summed E-state index contributed by atoms with van der Waals surface area (Å²) in [5.74, 6) is 1.02. The predicted molar refractivity (Wildman–Crippen MR) is 82.0 cm³/mol. The van der Waals surface area contributed by atoms with Crippen molar-refractivity contribution in [3.63, 3.8) is 0 Å². The standard InChI is InChI=1S/C17H18O6/c1-4-13(18)11-5-7-14(16(9-11)20-2)22-10-12-6-8-15(23-12)17(19)21-3/h5-9H,4,10H2,1-3H3. The Morgan fingerprint density at radius 1 is 1.09 bits per heavy atom. The second kappa shape index (κ2) is 7.49. The van der Waals surface area contributed by atoms with Gasteiger partial charge in [-0.1, -0.05) is 6.92 Å². The second-order valence-corrected chi connectivity index (χ2v) is 4.69. The lowest BCUT2D eigenvalue weighted by atomic mass is 10.1. The fraction of sp³-hybridized carbons (Fsp3) is 0.294. The van der Waals surface area contributed by atoms with Crippen molar-refractivity contribution in [2.24, 2.45) is 0 Å². The minimum absolute atomic E-state index is 0.0311. The summed E-state index contributed by atoms with van der Waals surface area (Å²) in [6, 6.07) is 8.15. The molecule has 0 spiro atoms. The van der Waals surface area contributed by atoms with Crippen molar-refractivity contribution in [1.29, 1.82) is 0 Å². The number of rotatable bonds is 7. The molecule has 0 aliphatic carbocycles. The molecule has 0 unspecified atom stereocenters. The number of furan rings is 1. The van der Waals surface area contributed by atoms with Crippen molar-refractivity contribution in [2.45, 2.75) is 20.0 Å². The summed E-state index contributed by atoms with van der Waals surface area (Å²) >= 11 is 0. The molecule has 0 radical (unpaired) electrons. The molecule has 1 aromatic heterocycles. The highest BCUT2D eigenvalue weighted by atomic mass is 16.5. The molecule has 0 amide bonds. The number of Topliss-reactive ketones (excluding diaryl/α,β-unsaturated/α-hetero) is 1. The molecule has 1 heterocycles. The van der Waals surface area contributed by atoms with E-state index in [9.17, 15) is 9.59 Å². The Morgan fingerprint density at radius 2 is 1.87 bits per heavy atom. The van der Waals surface area contributed by atoms with Gasteiger partial charge in [-0.3, -0.25) is 4.79 Å². The van der Waals surface area contributed by atoms with Gasteiger partial charge in [0.25, 0.3) is 0 Å². The van der Waals surface area contributed by atoms with Crippen LogP contribution in [0, 0.1) is 0 Å². The van der Waals surface area contributed by atoms with E-state index in [2.05, 4.69) is 4.74 Å². The van der Waals surface area contributed by atoms with Gasteiger partial charge in [-0.15, -0.1) is 0 Å². The van der Waals surface area contributed by atoms with Crippen LogP contribution >= 0.6 is 0 Å². The molecule has 0 aliphatic rings. The number of ether oxygens (including phenoxy) is 3. The number of benzene rings is 1. The van der Waals surface area contributed by atoms with Gasteiger partial charge < -0.3 is 18.6 Å². The van der Waals surface area contributed by atoms with E-state index >= 15 is 0 Å². The minimum Gasteiger partial charge on any atom is -0.493 e. The third-order valence-electron chi connectivity index (χ3n) is 3.22. The van der Waals surface area contributed by atoms with Gasteiger partial charge in [-0.25, -0.2) is 4.79 Å². The van der Waals surface area contributed by atoms with Crippen LogP contribution in [0.3, 0.4) is 0 Å². The van der Waals surface area contributed by atoms with E-state index in [4.69, 9.17) is 13.9 Å². The van der Waals surface area contributed by atoms with Gasteiger partial charge in [0.1, 0.15) is 12.4 Å². The lowest BCUT2D eigenvalue weighted by molar-refractivity contribution is 0.0560. The summed E-state index contributed by atoms with van der Waals surface area (Å²) in [6.07, 6.45) is 0.423. The van der Waals surface area contributed by atoms with Gasteiger partial charge in [-0.05, 0) is 30.3 Å². The summed E-state index contributed by atoms with van der Waals surface area (Å²) < 4.78 is 20.8. The predicted octanol–water partition coefficient (Wildman–Crippen LogP) is 3.25. The van der Waals surface area contributed by atoms with E-state index in [-0.39, 0.29) is 18.2 Å². The zero-order chi connectivity index (χ0) is 16.8. The number of carbonyl (C=O) groups excluding carboxylic acids is 2. The topological polar surface area (TPSA) is 75.0 Å². The van der Waals surface area contributed by atoms with Gasteiger partial charge in [0, 0.05) is 12.0 Å². The molecule has 1 aromatic carbocycles. The molecule has 0 aliphatic heterocycles. The molecule has 2 aromatic rings. The Hall–Kier alpha value is -2.76. The van der Waals surface area contributed by atoms with Crippen LogP contribution in [0.1, 0.15) is 40.0 Å². The van der Waals surface area contributed by atoms with E-state index in [1.165, 1.54) is 20.3 Å². The van der Waals surface area contributed by atoms with Gasteiger partial charge in [0.15, 0.2) is 17.3 Å². The molecule has 6 nitrogen and oxygen atoms in total. The maximum absolute atomic E-state index is 11.7. The van der Waals surface area contributed by atoms with Crippen molar-refractivity contribution in [1.82, 2.24) is 0 Å². The number of hydrogen-bond donors (Lipinski definition) is 0. The molecule has 0 bridgehead atoms. The summed E-state index contributed by atoms with van der Waals surface area (Å²) in [5.41, 5.74) is 0.572. The molecule has 0 atom stereocenters. The van der Waals surface area contributed by atoms with Crippen LogP contribution in [0.2, 0.25) is 0 Å². The summed E-state index contributed by atoms with van der Waals surface area (Å²) in [6.45, 7) is 1.92. The van der Waals surface area contributed by atoms with Gasteiger partial charge in [-0.2, -0.15) is 0 Å². The van der Waals surface area contributed by atoms with Crippen LogP contribution in [0.4, 0.5) is 0 Å². The van der Waals surface area contributed by atoms with Gasteiger partial charge in [0.05, 0.1) is 14.2 Å². The van der Waals surface area contributed by atoms with Crippen LogP contribution in [0.15, 0.2) is 34.7 Å². The van der Waals surface area contributed by atoms with E-state index < -0.39 is 5.97 Å². The minimum atomic E-state index is -0.545. The molecule has 2 rings (SSSR count). The van der Waals surface area contributed by atoms with Crippen molar-refractivity contribution in [3.8, 4) is 11.5 Å². The van der Waals surface area contributed by atoms with E-state index in [0.717, 1.165) is 0 Å². The molecular weight excluding hydrogens is 300 g/mol. The number of hydrogen-bond acceptors (Lipinski definition) is 6. The molecule has 122 valence electrons. The highest BCUT2D eigenvalue weighted by Gasteiger charge is 2.13. The SMILES string of the molecule is CCC(=O)c1ccc(OCc2ccc(C(=O)OC)o2)c(OC)c1. The average molecular weight is 318 g/mol. The lowest BCUT2D eigenvalue weighted by Crippen LogP contribution is -2.01. The zero-order valence-electron chi connectivity index (χ0n) is 13.3. The zero-order valence-corrected chi connectivity index (χ0v) is 13.3. The first kappa shape index (κ1) is 16.6. The third kappa shape index (κ3) is 3.91. The Balaban J connectivity index is 2.09. The summed E-state index contributed by atoms with van der Waals surface area (Å²) in [5, 5.41) is 0. The first-order valence-corrected chi connectivity index (χ1v) is 7.10. The first-order valence-electron chi connectivity index (χ1n) is 7.10. The van der Waals surface area contributed by atoms with Gasteiger partial charge >= 0.3 is 5.97 Å². The number of carbonyl (C=O) groups is 2. The Labute approximate surface area is 134 Å². The first-order chi connectivity index (χ1) is 11.1. The highest BCUT2D eigenvalue weighted by Crippen LogP contribution is 2.29. The van der Waals surface area contributed by atoms with Crippen LogP contribution in [-0.2, 0) is 11.3 Å². The Bertz CT molecular complexity index is 701. The fourth-order valence-corrected chi connectivity index (χ4v) is 1.98. The number of methoxy groups -OCH3 is 2. The largest absolute Gasteiger partial charge is 0.493 e. The lowest BCUT2D eigenvalue weighted by Gasteiger charge is -2.11. The van der Waals surface area contributed by atoms with Crippen molar-refractivity contribution in [3.05, 3.63) is 47.4 Å². The van der Waals surface area contributed by atoms with Crippen molar-refractivity contribution < 1.29 is 28.2 Å². The smallest absolute Gasteiger partial charge is 0.373 e. The van der Waals surface area contributed by atoms with Crippen LogP contribution in [-0.4, -0.2) is 26.0 Å². The quantitative estimate of drug-likeness (QED) is 0.576. The molecule has 23 heavy (non-hydrogen) atoms. The van der Waals surface area contributed by atoms with E-state index in [1.54, 1.807) is 31.2 Å². The van der Waals surface area contributed by atoms with E-state index in [1.807, 2.05) is 0 Å². The van der Waals surface area contributed by atoms with Gasteiger partial charge in [0.2, 0.25) is 5.76 Å². The van der Waals surface area contributed by atoms with Crippen LogP contribution < -0.4 is 9.47 Å². The monoisotopic (exact) mass is 318 g/mol. The summed E-state index contributed by atoms with van der Waals surface area (Å²) in [7, 11) is 2.79. The molecule has 6 heteroatoms. The maximum atomic E-state index is 11.7. The molecule has 0 N–H and O–H groups in total. The Kier molecular flexibility index (Phi) is 5.41. The molecule has 0 fully saturated rings. The normalized spacial score (nSPS) is 10.2. The van der Waals surface area contributed by atoms with Crippen LogP contribution in [0.5, 0.6) is 11.5 Å². The summed E-state index contributed by atoms with van der Waals surface area (Å²) in [4.78, 5) is 23.0. The molecule has 0 saturated heterocycles. The average Bonchev–Trinajstić information content (AvgIpc) is 3.07. The molecular formula is C17H18O6. The van der Waals surface area contributed by atoms with Crippen LogP contribution in [0.25, 0.3) is 0 Å². The maximum Gasteiger partial charge on any atom is 0.373 e. The molecule has 0 saturated carbocycles. The van der Waals surface area contributed by atoms with Crippen molar-refractivity contribution in [2.75, 3.05) is 14.2 Å². The number of ketones is 1. The second-order valence-electron chi connectivity index (χ2n) is 4.69. The third-order valence-corrected chi connectivity index (χ3v) is 3.22. The Morgan fingerprint density at radius 3 is 2.52 bits per heavy atom. The van der Waals surface area contributed by atoms with E-state index in [0.29, 0.717) is 29.2 Å². The van der Waals surface area contributed by atoms with Crippen molar-refractivity contribution >= 4 is 11.8 Å². The number of esters is 1.